The molecule has 0 aromatic heterocycles. The van der Waals surface area contributed by atoms with Crippen LogP contribution in [-0.4, -0.2) is 187 Å². The molecule has 1 N–H and O–H groups in total. The maximum atomic E-state index is 10.3. The van der Waals surface area contributed by atoms with Crippen molar-refractivity contribution in [2.24, 2.45) is 0 Å². The number of carboxylic acids is 1. The van der Waals surface area contributed by atoms with Crippen LogP contribution in [0.15, 0.2) is 0 Å². The maximum absolute atomic E-state index is 10.3. The molecule has 0 unspecified atom stereocenters. The van der Waals surface area contributed by atoms with E-state index in [2.05, 4.69) is 22.6 Å². The van der Waals surface area contributed by atoms with Crippen LogP contribution in [0.1, 0.15) is 0 Å². The van der Waals surface area contributed by atoms with E-state index in [0.29, 0.717) is 152 Å². The van der Waals surface area contributed by atoms with Crippen molar-refractivity contribution in [1.82, 2.24) is 0 Å². The van der Waals surface area contributed by atoms with Crippen LogP contribution in [0.2, 0.25) is 0 Å². The van der Waals surface area contributed by atoms with Crippen molar-refractivity contribution in [1.29, 1.82) is 0 Å². The average molecular weight is 759 g/mol. The van der Waals surface area contributed by atoms with E-state index < -0.39 is 5.97 Å². The van der Waals surface area contributed by atoms with E-state index in [-0.39, 0.29) is 13.2 Å². The van der Waals surface area contributed by atoms with E-state index in [0.717, 1.165) is 11.0 Å². The summed E-state index contributed by atoms with van der Waals surface area (Å²) in [6.07, 6.45) is 0. The highest BCUT2D eigenvalue weighted by Crippen LogP contribution is 1.88. The van der Waals surface area contributed by atoms with E-state index in [1.165, 1.54) is 0 Å². The minimum absolute atomic E-state index is 0.241. The molecular formula is C28H55IO15. The normalized spacial score (nSPS) is 11.5. The molecule has 15 nitrogen and oxygen atoms in total. The van der Waals surface area contributed by atoms with E-state index in [9.17, 15) is 4.79 Å². The molecule has 0 aliphatic rings. The summed E-state index contributed by atoms with van der Waals surface area (Å²) in [7, 11) is 0. The fourth-order valence-corrected chi connectivity index (χ4v) is 3.16. The van der Waals surface area contributed by atoms with E-state index in [4.69, 9.17) is 66.7 Å². The van der Waals surface area contributed by atoms with E-state index in [1.807, 2.05) is 0 Å². The van der Waals surface area contributed by atoms with Gasteiger partial charge in [0.25, 0.3) is 0 Å². The van der Waals surface area contributed by atoms with Crippen molar-refractivity contribution < 1.29 is 71.5 Å². The van der Waals surface area contributed by atoms with Gasteiger partial charge in [0.15, 0.2) is 0 Å². The zero-order valence-electron chi connectivity index (χ0n) is 26.1. The van der Waals surface area contributed by atoms with Crippen LogP contribution in [0, 0.1) is 0 Å². The molecule has 264 valence electrons. The number of halogens is 1. The van der Waals surface area contributed by atoms with Gasteiger partial charge in [-0.05, 0) is 0 Å². The first-order valence-electron chi connectivity index (χ1n) is 15.1. The fraction of sp³-hybridized carbons (Fsp3) is 0.964. The zero-order valence-corrected chi connectivity index (χ0v) is 28.3. The molecule has 0 aromatic carbocycles. The van der Waals surface area contributed by atoms with Gasteiger partial charge in [-0.15, -0.1) is 0 Å². The lowest BCUT2D eigenvalue weighted by atomic mass is 10.6. The Bertz CT molecular complexity index is 551. The second kappa shape index (κ2) is 40.7. The highest BCUT2D eigenvalue weighted by atomic mass is 127. The Hall–Kier alpha value is -0.320. The molecule has 44 heavy (non-hydrogen) atoms. The molecular weight excluding hydrogens is 703 g/mol. The maximum Gasteiger partial charge on any atom is 0.329 e. The number of aliphatic carboxylic acids is 1. The molecule has 0 aliphatic heterocycles. The third-order valence-electron chi connectivity index (χ3n) is 4.91. The first-order valence-corrected chi connectivity index (χ1v) is 16.6. The first kappa shape index (κ1) is 43.7. The van der Waals surface area contributed by atoms with Crippen molar-refractivity contribution in [2.75, 3.05) is 176 Å². The minimum atomic E-state index is -0.996. The zero-order chi connectivity index (χ0) is 31.9. The minimum Gasteiger partial charge on any atom is -0.480 e. The highest BCUT2D eigenvalue weighted by Gasteiger charge is 1.98. The largest absolute Gasteiger partial charge is 0.480 e. The lowest BCUT2D eigenvalue weighted by Crippen LogP contribution is -2.15. The molecule has 0 saturated carbocycles. The van der Waals surface area contributed by atoms with Crippen LogP contribution in [0.25, 0.3) is 0 Å². The van der Waals surface area contributed by atoms with Crippen LogP contribution in [0.5, 0.6) is 0 Å². The molecule has 0 spiro atoms. The highest BCUT2D eigenvalue weighted by molar-refractivity contribution is 14.1. The van der Waals surface area contributed by atoms with Crippen LogP contribution >= 0.6 is 22.6 Å². The summed E-state index contributed by atoms with van der Waals surface area (Å²) < 4.78 is 70.7. The summed E-state index contributed by atoms with van der Waals surface area (Å²) in [4.78, 5) is 10.3. The molecule has 0 bridgehead atoms. The third-order valence-corrected chi connectivity index (χ3v) is 5.35. The van der Waals surface area contributed by atoms with Crippen LogP contribution < -0.4 is 0 Å². The van der Waals surface area contributed by atoms with Crippen molar-refractivity contribution in [3.63, 3.8) is 0 Å². The summed E-state index contributed by atoms with van der Waals surface area (Å²) in [5, 5.41) is 8.42. The van der Waals surface area contributed by atoms with Gasteiger partial charge in [-0.1, -0.05) is 22.6 Å². The summed E-state index contributed by atoms with van der Waals surface area (Å²) in [6.45, 7) is 12.1. The summed E-state index contributed by atoms with van der Waals surface area (Å²) >= 11 is 2.27. The van der Waals surface area contributed by atoms with Gasteiger partial charge in [0.1, 0.15) is 6.61 Å². The van der Waals surface area contributed by atoms with Crippen LogP contribution in [0.3, 0.4) is 0 Å². The molecule has 0 aromatic rings. The van der Waals surface area contributed by atoms with Crippen molar-refractivity contribution in [2.45, 2.75) is 0 Å². The standard InChI is InChI=1S/C28H55IO15/c29-1-2-32-3-4-33-5-6-34-7-8-35-9-10-36-11-12-37-13-14-38-15-16-39-17-18-40-19-20-41-21-22-42-23-24-43-25-26-44-27-28(30)31/h1-27H2,(H,30,31). The average Bonchev–Trinajstić information content (AvgIpc) is 3.02. The lowest BCUT2D eigenvalue weighted by molar-refractivity contribution is -0.142. The number of carbonyl (C=O) groups is 1. The third kappa shape index (κ3) is 41.7. The Morgan fingerprint density at radius 1 is 0.318 bits per heavy atom. The number of ether oxygens (including phenoxy) is 13. The Labute approximate surface area is 275 Å². The van der Waals surface area contributed by atoms with Crippen molar-refractivity contribution in [3.8, 4) is 0 Å². The number of carboxylic acid groups (broad SMARTS) is 1. The fourth-order valence-electron chi connectivity index (χ4n) is 2.85. The topological polar surface area (TPSA) is 157 Å². The van der Waals surface area contributed by atoms with Gasteiger partial charge in [-0.25, -0.2) is 4.79 Å². The molecule has 16 heteroatoms. The Balaban J connectivity index is 3.04. The molecule has 0 heterocycles. The van der Waals surface area contributed by atoms with E-state index >= 15 is 0 Å². The molecule has 0 rings (SSSR count). The monoisotopic (exact) mass is 758 g/mol. The Morgan fingerprint density at radius 2 is 0.477 bits per heavy atom. The molecule has 0 saturated heterocycles. The van der Waals surface area contributed by atoms with Crippen molar-refractivity contribution >= 4 is 28.6 Å². The summed E-state index contributed by atoms with van der Waals surface area (Å²) in [5.74, 6) is -0.996. The van der Waals surface area contributed by atoms with Gasteiger partial charge in [0.05, 0.1) is 165 Å². The lowest BCUT2D eigenvalue weighted by Gasteiger charge is -2.09. The smallest absolute Gasteiger partial charge is 0.329 e. The SMILES string of the molecule is O=C(O)COCCOCCOCCOCCOCCOCCOCCOCCOCCOCCOCCOCCOCCI. The summed E-state index contributed by atoms with van der Waals surface area (Å²) in [5.41, 5.74) is 0. The van der Waals surface area contributed by atoms with Crippen LogP contribution in [-0.2, 0) is 66.4 Å². The number of hydrogen-bond donors (Lipinski definition) is 1. The van der Waals surface area contributed by atoms with Gasteiger partial charge < -0.3 is 66.7 Å². The number of hydrogen-bond acceptors (Lipinski definition) is 14. The first-order chi connectivity index (χ1) is 21.8. The van der Waals surface area contributed by atoms with Gasteiger partial charge in [-0.3, -0.25) is 0 Å². The summed E-state index contributed by atoms with van der Waals surface area (Å²) in [6, 6.07) is 0. The predicted molar refractivity (Wildman–Crippen MR) is 167 cm³/mol. The Kier molecular flexibility index (Phi) is 40.4. The predicted octanol–water partition coefficient (Wildman–Crippen LogP) is 0.722. The van der Waals surface area contributed by atoms with Crippen molar-refractivity contribution in [3.05, 3.63) is 0 Å². The number of alkyl halides is 1. The van der Waals surface area contributed by atoms with Gasteiger partial charge in [0, 0.05) is 4.43 Å². The molecule has 0 amide bonds. The second-order valence-corrected chi connectivity index (χ2v) is 9.56. The quantitative estimate of drug-likeness (QED) is 0.0530. The molecule has 0 radical (unpaired) electrons. The Morgan fingerprint density at radius 3 is 0.636 bits per heavy atom. The molecule has 0 aliphatic carbocycles. The van der Waals surface area contributed by atoms with Gasteiger partial charge in [-0.2, -0.15) is 0 Å². The molecule has 0 atom stereocenters. The second-order valence-electron chi connectivity index (χ2n) is 8.48. The van der Waals surface area contributed by atoms with Gasteiger partial charge >= 0.3 is 5.97 Å². The van der Waals surface area contributed by atoms with E-state index in [1.54, 1.807) is 0 Å². The van der Waals surface area contributed by atoms with Gasteiger partial charge in [0.2, 0.25) is 0 Å². The number of rotatable bonds is 40. The van der Waals surface area contributed by atoms with Crippen LogP contribution in [0.4, 0.5) is 0 Å². The molecule has 0 fully saturated rings.